The second-order valence-electron chi connectivity index (χ2n) is 10.6. The number of aromatic nitrogens is 2. The number of nitrogens with one attached hydrogen (secondary N) is 1. The molecular formula is C24H36N4O3S. The molecule has 0 atom stereocenters. The zero-order chi connectivity index (χ0) is 23.7. The Balaban J connectivity index is 1.72. The molecule has 176 valence electrons. The Bertz CT molecular complexity index is 1050. The molecule has 1 aromatic carbocycles. The zero-order valence-electron chi connectivity index (χ0n) is 20.1. The average Bonchev–Trinajstić information content (AvgIpc) is 3.14. The molecule has 32 heavy (non-hydrogen) atoms. The highest BCUT2D eigenvalue weighted by Crippen LogP contribution is 2.28. The van der Waals surface area contributed by atoms with Gasteiger partial charge in [-0.25, -0.2) is 13.1 Å². The van der Waals surface area contributed by atoms with E-state index in [0.29, 0.717) is 18.9 Å². The Morgan fingerprint density at radius 3 is 2.12 bits per heavy atom. The molecule has 2 heterocycles. The molecule has 3 rings (SSSR count). The number of piperidine rings is 1. The summed E-state index contributed by atoms with van der Waals surface area (Å²) in [5, 5.41) is 7.72. The number of hydrogen-bond acceptors (Lipinski definition) is 4. The third kappa shape index (κ3) is 5.59. The van der Waals surface area contributed by atoms with Crippen molar-refractivity contribution in [1.29, 1.82) is 0 Å². The Morgan fingerprint density at radius 2 is 1.59 bits per heavy atom. The molecule has 0 aliphatic carbocycles. The molecule has 0 bridgehead atoms. The number of carbonyl (C=O) groups is 1. The van der Waals surface area contributed by atoms with Crippen LogP contribution in [0.1, 0.15) is 72.1 Å². The first-order chi connectivity index (χ1) is 14.8. The molecule has 1 amide bonds. The first kappa shape index (κ1) is 24.5. The number of benzene rings is 1. The van der Waals surface area contributed by atoms with E-state index in [9.17, 15) is 13.2 Å². The Kier molecular flexibility index (Phi) is 6.86. The molecular weight excluding hydrogens is 424 g/mol. The van der Waals surface area contributed by atoms with Crippen molar-refractivity contribution in [3.8, 4) is 0 Å². The number of nitrogens with zero attached hydrogens (tertiary/aromatic N) is 3. The second kappa shape index (κ2) is 8.98. The predicted octanol–water partition coefficient (Wildman–Crippen LogP) is 4.29. The maximum atomic E-state index is 12.8. The van der Waals surface area contributed by atoms with Crippen LogP contribution in [0.2, 0.25) is 0 Å². The fourth-order valence-electron chi connectivity index (χ4n) is 3.75. The second-order valence-corrected chi connectivity index (χ2v) is 12.5. The van der Waals surface area contributed by atoms with Gasteiger partial charge in [0.25, 0.3) is 0 Å². The van der Waals surface area contributed by atoms with Gasteiger partial charge in [0.2, 0.25) is 15.9 Å². The highest BCUT2D eigenvalue weighted by molar-refractivity contribution is 7.89. The van der Waals surface area contributed by atoms with Crippen molar-refractivity contribution in [2.45, 2.75) is 83.1 Å². The van der Waals surface area contributed by atoms with E-state index in [1.165, 1.54) is 0 Å². The lowest BCUT2D eigenvalue weighted by Gasteiger charge is -2.25. The van der Waals surface area contributed by atoms with E-state index in [0.717, 1.165) is 30.5 Å². The molecule has 0 saturated carbocycles. The Hall–Kier alpha value is -2.19. The number of hydrogen-bond donors (Lipinski definition) is 1. The van der Waals surface area contributed by atoms with Crippen LogP contribution in [0.5, 0.6) is 0 Å². The normalized spacial score (nSPS) is 16.2. The predicted molar refractivity (Wildman–Crippen MR) is 127 cm³/mol. The van der Waals surface area contributed by atoms with E-state index >= 15 is 0 Å². The quantitative estimate of drug-likeness (QED) is 0.721. The molecule has 1 fully saturated rings. The van der Waals surface area contributed by atoms with E-state index in [1.54, 1.807) is 28.6 Å². The fourth-order valence-corrected chi connectivity index (χ4v) is 5.27. The van der Waals surface area contributed by atoms with Crippen molar-refractivity contribution in [2.24, 2.45) is 0 Å². The third-order valence-corrected chi connectivity index (χ3v) is 7.53. The number of sulfonamides is 1. The summed E-state index contributed by atoms with van der Waals surface area (Å²) in [4.78, 5) is 13.1. The van der Waals surface area contributed by atoms with Gasteiger partial charge in [-0.3, -0.25) is 4.79 Å². The third-order valence-electron chi connectivity index (χ3n) is 5.62. The molecule has 1 aromatic heterocycles. The summed E-state index contributed by atoms with van der Waals surface area (Å²) in [6.07, 6.45) is 3.04. The van der Waals surface area contributed by atoms with Crippen LogP contribution in [0, 0.1) is 0 Å². The van der Waals surface area contributed by atoms with Crippen LogP contribution in [0.25, 0.3) is 0 Å². The molecule has 0 spiro atoms. The van der Waals surface area contributed by atoms with Gasteiger partial charge in [0.1, 0.15) is 5.82 Å². The summed E-state index contributed by atoms with van der Waals surface area (Å²) in [5.41, 5.74) is 1.26. The molecule has 1 aliphatic rings. The number of carbonyl (C=O) groups excluding carboxylic acids is 1. The van der Waals surface area contributed by atoms with Crippen molar-refractivity contribution in [2.75, 3.05) is 18.4 Å². The van der Waals surface area contributed by atoms with Crippen molar-refractivity contribution in [3.63, 3.8) is 0 Å². The van der Waals surface area contributed by atoms with Crippen LogP contribution in [0.15, 0.2) is 35.2 Å². The van der Waals surface area contributed by atoms with Gasteiger partial charge in [-0.1, -0.05) is 39.3 Å². The summed E-state index contributed by atoms with van der Waals surface area (Å²) < 4.78 is 29.0. The molecule has 0 radical (unpaired) electrons. The van der Waals surface area contributed by atoms with Crippen LogP contribution >= 0.6 is 0 Å². The maximum absolute atomic E-state index is 12.8. The SMILES string of the molecule is CC(C)(C)c1cc(NC(=O)Cc2ccc(S(=O)(=O)N3CCCCC3)cc2)n(C(C)(C)C)n1. The van der Waals surface area contributed by atoms with E-state index < -0.39 is 10.0 Å². The summed E-state index contributed by atoms with van der Waals surface area (Å²) in [7, 11) is -3.47. The standard InChI is InChI=1S/C24H36N4O3S/c1-23(2,3)20-17-21(28(26-20)24(4,5)6)25-22(29)16-18-10-12-19(13-11-18)32(30,31)27-14-8-7-9-15-27/h10-13,17H,7-9,14-16H2,1-6H3,(H,25,29). The lowest BCUT2D eigenvalue weighted by Crippen LogP contribution is -2.35. The van der Waals surface area contributed by atoms with Crippen molar-refractivity contribution in [1.82, 2.24) is 14.1 Å². The van der Waals surface area contributed by atoms with Gasteiger partial charge in [-0.05, 0) is 51.3 Å². The average molecular weight is 461 g/mol. The summed E-state index contributed by atoms with van der Waals surface area (Å²) >= 11 is 0. The van der Waals surface area contributed by atoms with E-state index in [4.69, 9.17) is 5.10 Å². The highest BCUT2D eigenvalue weighted by Gasteiger charge is 2.27. The van der Waals surface area contributed by atoms with Crippen LogP contribution in [0.4, 0.5) is 5.82 Å². The van der Waals surface area contributed by atoms with Gasteiger partial charge < -0.3 is 5.32 Å². The first-order valence-electron chi connectivity index (χ1n) is 11.3. The first-order valence-corrected chi connectivity index (χ1v) is 12.7. The van der Waals surface area contributed by atoms with Crippen molar-refractivity contribution >= 4 is 21.7 Å². The number of amides is 1. The van der Waals surface area contributed by atoms with Gasteiger partial charge >= 0.3 is 0 Å². The highest BCUT2D eigenvalue weighted by atomic mass is 32.2. The van der Waals surface area contributed by atoms with E-state index in [-0.39, 0.29) is 28.2 Å². The summed E-state index contributed by atoms with van der Waals surface area (Å²) in [5.74, 6) is 0.499. The lowest BCUT2D eigenvalue weighted by molar-refractivity contribution is -0.115. The topological polar surface area (TPSA) is 84.3 Å². The van der Waals surface area contributed by atoms with Gasteiger partial charge in [0.15, 0.2) is 0 Å². The Morgan fingerprint density at radius 1 is 1.00 bits per heavy atom. The molecule has 2 aromatic rings. The smallest absolute Gasteiger partial charge is 0.243 e. The molecule has 0 unspecified atom stereocenters. The molecule has 7 nitrogen and oxygen atoms in total. The monoisotopic (exact) mass is 460 g/mol. The van der Waals surface area contributed by atoms with Crippen LogP contribution in [0.3, 0.4) is 0 Å². The minimum absolute atomic E-state index is 0.133. The summed E-state index contributed by atoms with van der Waals surface area (Å²) in [6, 6.07) is 8.57. The van der Waals surface area contributed by atoms with E-state index in [1.807, 2.05) is 31.5 Å². The van der Waals surface area contributed by atoms with Gasteiger partial charge in [-0.2, -0.15) is 9.40 Å². The zero-order valence-corrected chi connectivity index (χ0v) is 20.9. The fraction of sp³-hybridized carbons (Fsp3) is 0.583. The maximum Gasteiger partial charge on any atom is 0.243 e. The lowest BCUT2D eigenvalue weighted by atomic mass is 9.92. The number of rotatable bonds is 5. The summed E-state index contributed by atoms with van der Waals surface area (Å²) in [6.45, 7) is 13.6. The Labute approximate surface area is 192 Å². The molecule has 1 N–H and O–H groups in total. The number of anilines is 1. The minimum atomic E-state index is -3.47. The molecule has 1 saturated heterocycles. The van der Waals surface area contributed by atoms with Crippen LogP contribution < -0.4 is 5.32 Å². The molecule has 1 aliphatic heterocycles. The van der Waals surface area contributed by atoms with Crippen molar-refractivity contribution in [3.05, 3.63) is 41.6 Å². The van der Waals surface area contributed by atoms with Crippen molar-refractivity contribution < 1.29 is 13.2 Å². The van der Waals surface area contributed by atoms with Crippen LogP contribution in [-0.2, 0) is 32.2 Å². The van der Waals surface area contributed by atoms with Gasteiger partial charge in [-0.15, -0.1) is 0 Å². The largest absolute Gasteiger partial charge is 0.311 e. The molecule has 8 heteroatoms. The minimum Gasteiger partial charge on any atom is -0.311 e. The van der Waals surface area contributed by atoms with E-state index in [2.05, 4.69) is 26.1 Å². The van der Waals surface area contributed by atoms with Crippen LogP contribution in [-0.4, -0.2) is 41.5 Å². The van der Waals surface area contributed by atoms with Gasteiger partial charge in [0.05, 0.1) is 22.5 Å². The van der Waals surface area contributed by atoms with Gasteiger partial charge in [0, 0.05) is 24.6 Å².